The zero-order valence-electron chi connectivity index (χ0n) is 9.03. The van der Waals surface area contributed by atoms with Crippen molar-refractivity contribution in [3.63, 3.8) is 0 Å². The standard InChI is InChI=1S/C12H11ClFN3/c13-10-7-16-12(17-8-10)15-5-4-9-2-1-3-11(14)6-9/h1-3,6-8H,4-5H2,(H,15,16,17). The van der Waals surface area contributed by atoms with Crippen molar-refractivity contribution in [1.29, 1.82) is 0 Å². The fourth-order valence-corrected chi connectivity index (χ4v) is 1.51. The van der Waals surface area contributed by atoms with Gasteiger partial charge in [0.1, 0.15) is 5.82 Å². The summed E-state index contributed by atoms with van der Waals surface area (Å²) in [5.41, 5.74) is 0.937. The van der Waals surface area contributed by atoms with Crippen LogP contribution in [0.5, 0.6) is 0 Å². The molecule has 1 N–H and O–H groups in total. The van der Waals surface area contributed by atoms with Gasteiger partial charge in [-0.15, -0.1) is 0 Å². The summed E-state index contributed by atoms with van der Waals surface area (Å²) in [5, 5.41) is 3.54. The van der Waals surface area contributed by atoms with Gasteiger partial charge in [-0.2, -0.15) is 0 Å². The first-order chi connectivity index (χ1) is 8.24. The van der Waals surface area contributed by atoms with E-state index < -0.39 is 0 Å². The molecule has 1 heterocycles. The zero-order valence-corrected chi connectivity index (χ0v) is 9.78. The van der Waals surface area contributed by atoms with E-state index in [1.165, 1.54) is 24.5 Å². The lowest BCUT2D eigenvalue weighted by molar-refractivity contribution is 0.625. The number of nitrogens with one attached hydrogen (secondary N) is 1. The lowest BCUT2D eigenvalue weighted by Crippen LogP contribution is -2.07. The van der Waals surface area contributed by atoms with E-state index in [0.717, 1.165) is 5.56 Å². The average molecular weight is 252 g/mol. The molecule has 0 unspecified atom stereocenters. The number of aromatic nitrogens is 2. The summed E-state index contributed by atoms with van der Waals surface area (Å²) in [4.78, 5) is 8.00. The Balaban J connectivity index is 1.85. The van der Waals surface area contributed by atoms with E-state index in [-0.39, 0.29) is 5.82 Å². The minimum Gasteiger partial charge on any atom is -0.354 e. The number of hydrogen-bond donors (Lipinski definition) is 1. The summed E-state index contributed by atoms with van der Waals surface area (Å²) in [5.74, 6) is 0.302. The third kappa shape index (κ3) is 3.67. The molecule has 0 spiro atoms. The SMILES string of the molecule is Fc1cccc(CCNc2ncc(Cl)cn2)c1. The first-order valence-electron chi connectivity index (χ1n) is 5.20. The van der Waals surface area contributed by atoms with E-state index in [1.54, 1.807) is 6.07 Å². The molecule has 17 heavy (non-hydrogen) atoms. The van der Waals surface area contributed by atoms with Crippen molar-refractivity contribution in [1.82, 2.24) is 9.97 Å². The highest BCUT2D eigenvalue weighted by atomic mass is 35.5. The maximum Gasteiger partial charge on any atom is 0.222 e. The molecule has 0 saturated heterocycles. The van der Waals surface area contributed by atoms with E-state index in [9.17, 15) is 4.39 Å². The van der Waals surface area contributed by atoms with Gasteiger partial charge in [-0.1, -0.05) is 23.7 Å². The quantitative estimate of drug-likeness (QED) is 0.908. The molecule has 2 aromatic rings. The van der Waals surface area contributed by atoms with Crippen LogP contribution in [0.3, 0.4) is 0 Å². The molecule has 0 saturated carbocycles. The molecule has 0 fully saturated rings. The van der Waals surface area contributed by atoms with E-state index in [0.29, 0.717) is 23.9 Å². The van der Waals surface area contributed by atoms with E-state index >= 15 is 0 Å². The maximum atomic E-state index is 12.9. The number of halogens is 2. The Morgan fingerprint density at radius 2 is 2.00 bits per heavy atom. The van der Waals surface area contributed by atoms with E-state index in [1.807, 2.05) is 6.07 Å². The Kier molecular flexibility index (Phi) is 3.88. The third-order valence-corrected chi connectivity index (χ3v) is 2.40. The summed E-state index contributed by atoms with van der Waals surface area (Å²) >= 11 is 5.66. The molecule has 0 amide bonds. The molecular formula is C12H11ClFN3. The Morgan fingerprint density at radius 3 is 2.71 bits per heavy atom. The third-order valence-electron chi connectivity index (χ3n) is 2.21. The second kappa shape index (κ2) is 5.59. The molecule has 0 atom stereocenters. The molecule has 88 valence electrons. The Labute approximate surface area is 104 Å². The largest absolute Gasteiger partial charge is 0.354 e. The fraction of sp³-hybridized carbons (Fsp3) is 0.167. The number of anilines is 1. The van der Waals surface area contributed by atoms with Gasteiger partial charge < -0.3 is 5.32 Å². The number of nitrogens with zero attached hydrogens (tertiary/aromatic N) is 2. The van der Waals surface area contributed by atoms with Gasteiger partial charge in [-0.3, -0.25) is 0 Å². The molecule has 0 radical (unpaired) electrons. The molecule has 1 aromatic carbocycles. The van der Waals surface area contributed by atoms with Crippen LogP contribution in [-0.4, -0.2) is 16.5 Å². The minimum absolute atomic E-state index is 0.217. The predicted molar refractivity (Wildman–Crippen MR) is 65.6 cm³/mol. The van der Waals surface area contributed by atoms with Crippen molar-refractivity contribution in [3.05, 3.63) is 53.1 Å². The molecular weight excluding hydrogens is 241 g/mol. The van der Waals surface area contributed by atoms with Gasteiger partial charge in [0.2, 0.25) is 5.95 Å². The molecule has 0 aliphatic rings. The molecule has 2 rings (SSSR count). The molecule has 1 aromatic heterocycles. The lowest BCUT2D eigenvalue weighted by atomic mass is 10.1. The smallest absolute Gasteiger partial charge is 0.222 e. The van der Waals surface area contributed by atoms with Crippen LogP contribution in [0.25, 0.3) is 0 Å². The van der Waals surface area contributed by atoms with E-state index in [4.69, 9.17) is 11.6 Å². The van der Waals surface area contributed by atoms with Crippen molar-refractivity contribution < 1.29 is 4.39 Å². The van der Waals surface area contributed by atoms with Crippen LogP contribution in [0.15, 0.2) is 36.7 Å². The number of rotatable bonds is 4. The first-order valence-corrected chi connectivity index (χ1v) is 5.58. The Hall–Kier alpha value is -1.68. The van der Waals surface area contributed by atoms with Crippen LogP contribution < -0.4 is 5.32 Å². The number of hydrogen-bond acceptors (Lipinski definition) is 3. The fourth-order valence-electron chi connectivity index (χ4n) is 1.41. The summed E-state index contributed by atoms with van der Waals surface area (Å²) in [6, 6.07) is 6.53. The monoisotopic (exact) mass is 251 g/mol. The van der Waals surface area contributed by atoms with Gasteiger partial charge in [0, 0.05) is 6.54 Å². The highest BCUT2D eigenvalue weighted by molar-refractivity contribution is 6.30. The van der Waals surface area contributed by atoms with Crippen molar-refractivity contribution >= 4 is 17.5 Å². The molecule has 0 aliphatic carbocycles. The molecule has 0 bridgehead atoms. The van der Waals surface area contributed by atoms with Crippen LogP contribution in [0.2, 0.25) is 5.02 Å². The Bertz CT molecular complexity index is 487. The van der Waals surface area contributed by atoms with Crippen LogP contribution in [0, 0.1) is 5.82 Å². The summed E-state index contributed by atoms with van der Waals surface area (Å²) in [7, 11) is 0. The predicted octanol–water partition coefficient (Wildman–Crippen LogP) is 2.92. The van der Waals surface area contributed by atoms with Gasteiger partial charge in [0.15, 0.2) is 0 Å². The van der Waals surface area contributed by atoms with Gasteiger partial charge >= 0.3 is 0 Å². The van der Waals surface area contributed by atoms with Gasteiger partial charge in [-0.05, 0) is 24.1 Å². The summed E-state index contributed by atoms with van der Waals surface area (Å²) in [6.07, 6.45) is 3.77. The summed E-state index contributed by atoms with van der Waals surface area (Å²) < 4.78 is 12.9. The topological polar surface area (TPSA) is 37.8 Å². The maximum absolute atomic E-state index is 12.9. The van der Waals surface area contributed by atoms with Gasteiger partial charge in [-0.25, -0.2) is 14.4 Å². The minimum atomic E-state index is -0.217. The number of benzene rings is 1. The van der Waals surface area contributed by atoms with E-state index in [2.05, 4.69) is 15.3 Å². The van der Waals surface area contributed by atoms with Crippen molar-refractivity contribution in [2.75, 3.05) is 11.9 Å². The highest BCUT2D eigenvalue weighted by Crippen LogP contribution is 2.07. The second-order valence-corrected chi connectivity index (χ2v) is 3.97. The molecule has 0 aliphatic heterocycles. The van der Waals surface area contributed by atoms with Crippen molar-refractivity contribution in [2.45, 2.75) is 6.42 Å². The van der Waals surface area contributed by atoms with Crippen LogP contribution in [0.4, 0.5) is 10.3 Å². The Morgan fingerprint density at radius 1 is 1.24 bits per heavy atom. The summed E-state index contributed by atoms with van der Waals surface area (Å²) in [6.45, 7) is 0.644. The van der Waals surface area contributed by atoms with Crippen molar-refractivity contribution in [2.24, 2.45) is 0 Å². The average Bonchev–Trinajstić information content (AvgIpc) is 2.32. The van der Waals surface area contributed by atoms with Crippen LogP contribution in [-0.2, 0) is 6.42 Å². The first kappa shape index (κ1) is 11.8. The van der Waals surface area contributed by atoms with Crippen LogP contribution in [0.1, 0.15) is 5.56 Å². The highest BCUT2D eigenvalue weighted by Gasteiger charge is 1.97. The van der Waals surface area contributed by atoms with Crippen LogP contribution >= 0.6 is 11.6 Å². The molecule has 3 nitrogen and oxygen atoms in total. The van der Waals surface area contributed by atoms with Crippen molar-refractivity contribution in [3.8, 4) is 0 Å². The van der Waals surface area contributed by atoms with Gasteiger partial charge in [0.25, 0.3) is 0 Å². The van der Waals surface area contributed by atoms with Gasteiger partial charge in [0.05, 0.1) is 17.4 Å². The molecule has 5 heteroatoms. The second-order valence-electron chi connectivity index (χ2n) is 3.53. The zero-order chi connectivity index (χ0) is 12.1. The normalized spacial score (nSPS) is 10.2. The lowest BCUT2D eigenvalue weighted by Gasteiger charge is -2.04.